The van der Waals surface area contributed by atoms with E-state index in [0.717, 1.165) is 28.0 Å². The lowest BCUT2D eigenvalue weighted by Gasteiger charge is -2.09. The molecule has 0 fully saturated rings. The maximum Gasteiger partial charge on any atom is 0.123 e. The molecule has 0 aliphatic heterocycles. The van der Waals surface area contributed by atoms with Crippen LogP contribution in [0.4, 0.5) is 10.1 Å². The van der Waals surface area contributed by atoms with Crippen LogP contribution < -0.4 is 10.1 Å². The third-order valence-corrected chi connectivity index (χ3v) is 3.33. The van der Waals surface area contributed by atoms with Gasteiger partial charge in [0, 0.05) is 24.4 Å². The minimum Gasteiger partial charge on any atom is -0.491 e. The van der Waals surface area contributed by atoms with Gasteiger partial charge in [-0.1, -0.05) is 18.2 Å². The van der Waals surface area contributed by atoms with E-state index in [4.69, 9.17) is 4.74 Å². The fraction of sp³-hybridized carbons (Fsp3) is 0.176. The lowest BCUT2D eigenvalue weighted by atomic mass is 10.1. The van der Waals surface area contributed by atoms with Crippen LogP contribution in [-0.2, 0) is 0 Å². The van der Waals surface area contributed by atoms with Crippen LogP contribution in [0.25, 0.3) is 22.3 Å². The predicted octanol–water partition coefficient (Wildman–Crippen LogP) is 3.69. The summed E-state index contributed by atoms with van der Waals surface area (Å²) in [5, 5.41) is 3.15. The molecule has 0 saturated carbocycles. The van der Waals surface area contributed by atoms with Crippen molar-refractivity contribution in [2.24, 2.45) is 0 Å². The van der Waals surface area contributed by atoms with Gasteiger partial charge in [0.25, 0.3) is 0 Å². The van der Waals surface area contributed by atoms with E-state index in [0.29, 0.717) is 5.75 Å². The molecule has 0 atom stereocenters. The Bertz CT molecular complexity index is 792. The van der Waals surface area contributed by atoms with Gasteiger partial charge in [0.1, 0.15) is 19.0 Å². The van der Waals surface area contributed by atoms with Gasteiger partial charge in [0.15, 0.2) is 0 Å². The van der Waals surface area contributed by atoms with Crippen LogP contribution in [0, 0.1) is 0 Å². The first kappa shape index (κ1) is 14.3. The molecule has 2 aromatic carbocycles. The van der Waals surface area contributed by atoms with Gasteiger partial charge in [-0.05, 0) is 18.2 Å². The van der Waals surface area contributed by atoms with Crippen molar-refractivity contribution in [1.29, 1.82) is 0 Å². The van der Waals surface area contributed by atoms with Crippen LogP contribution in [-0.4, -0.2) is 30.3 Å². The van der Waals surface area contributed by atoms with Crippen molar-refractivity contribution >= 4 is 16.7 Å². The number of benzene rings is 2. The minimum atomic E-state index is -0.515. The van der Waals surface area contributed by atoms with E-state index in [1.807, 2.05) is 37.4 Å². The molecule has 5 heteroatoms. The van der Waals surface area contributed by atoms with Crippen molar-refractivity contribution in [3.8, 4) is 17.0 Å². The van der Waals surface area contributed by atoms with E-state index in [1.165, 1.54) is 0 Å². The Labute approximate surface area is 128 Å². The lowest BCUT2D eigenvalue weighted by molar-refractivity contribution is 0.273. The Morgan fingerprint density at radius 1 is 1.14 bits per heavy atom. The highest BCUT2D eigenvalue weighted by Gasteiger charge is 2.07. The molecule has 0 radical (unpaired) electrons. The number of nitrogens with one attached hydrogen (secondary N) is 1. The first-order valence-corrected chi connectivity index (χ1v) is 7.04. The van der Waals surface area contributed by atoms with Crippen LogP contribution in [0.5, 0.6) is 5.75 Å². The number of anilines is 1. The Morgan fingerprint density at radius 2 is 2.00 bits per heavy atom. The second-order valence-corrected chi connectivity index (χ2v) is 4.74. The van der Waals surface area contributed by atoms with Gasteiger partial charge >= 0.3 is 0 Å². The Kier molecular flexibility index (Phi) is 4.14. The highest BCUT2D eigenvalue weighted by atomic mass is 19.1. The molecule has 4 nitrogen and oxygen atoms in total. The van der Waals surface area contributed by atoms with Crippen molar-refractivity contribution in [3.05, 3.63) is 48.7 Å². The van der Waals surface area contributed by atoms with Crippen molar-refractivity contribution in [1.82, 2.24) is 9.97 Å². The van der Waals surface area contributed by atoms with E-state index < -0.39 is 6.67 Å². The van der Waals surface area contributed by atoms with Crippen molar-refractivity contribution in [2.45, 2.75) is 0 Å². The largest absolute Gasteiger partial charge is 0.491 e. The molecule has 0 amide bonds. The summed E-state index contributed by atoms with van der Waals surface area (Å²) in [7, 11) is 1.87. The number of alkyl halides is 1. The summed E-state index contributed by atoms with van der Waals surface area (Å²) in [5.41, 5.74) is 4.24. The van der Waals surface area contributed by atoms with Gasteiger partial charge in [-0.3, -0.25) is 4.98 Å². The van der Waals surface area contributed by atoms with E-state index in [1.54, 1.807) is 18.3 Å². The number of nitrogens with zero attached hydrogens (tertiary/aromatic N) is 2. The van der Waals surface area contributed by atoms with Crippen molar-refractivity contribution < 1.29 is 9.13 Å². The molecule has 0 aliphatic carbocycles. The predicted molar refractivity (Wildman–Crippen MR) is 86.0 cm³/mol. The topological polar surface area (TPSA) is 47.0 Å². The molecule has 1 N–H and O–H groups in total. The zero-order chi connectivity index (χ0) is 15.4. The van der Waals surface area contributed by atoms with Gasteiger partial charge < -0.3 is 10.1 Å². The highest BCUT2D eigenvalue weighted by Crippen LogP contribution is 2.27. The Hall–Kier alpha value is -2.69. The summed E-state index contributed by atoms with van der Waals surface area (Å²) >= 11 is 0. The summed E-state index contributed by atoms with van der Waals surface area (Å²) in [5.74, 6) is 0.596. The molecular weight excluding hydrogens is 281 g/mol. The fourth-order valence-electron chi connectivity index (χ4n) is 2.29. The number of hydrogen-bond donors (Lipinski definition) is 1. The summed E-state index contributed by atoms with van der Waals surface area (Å²) in [6.45, 7) is -0.472. The third kappa shape index (κ3) is 2.83. The van der Waals surface area contributed by atoms with Gasteiger partial charge in [-0.15, -0.1) is 0 Å². The lowest BCUT2D eigenvalue weighted by Crippen LogP contribution is -1.99. The number of para-hydroxylation sites is 1. The first-order chi connectivity index (χ1) is 10.8. The van der Waals surface area contributed by atoms with Crippen LogP contribution in [0.15, 0.2) is 48.7 Å². The van der Waals surface area contributed by atoms with E-state index >= 15 is 0 Å². The Morgan fingerprint density at radius 3 is 2.82 bits per heavy atom. The fourth-order valence-corrected chi connectivity index (χ4v) is 2.29. The third-order valence-electron chi connectivity index (χ3n) is 3.33. The quantitative estimate of drug-likeness (QED) is 0.780. The summed E-state index contributed by atoms with van der Waals surface area (Å²) in [4.78, 5) is 9.08. The molecule has 0 bridgehead atoms. The molecule has 3 rings (SSSR count). The molecule has 1 aromatic heterocycles. The van der Waals surface area contributed by atoms with Gasteiger partial charge in [0.2, 0.25) is 0 Å². The number of halogens is 1. The maximum atomic E-state index is 12.2. The molecule has 0 aliphatic rings. The van der Waals surface area contributed by atoms with Crippen LogP contribution in [0.1, 0.15) is 0 Å². The Balaban J connectivity index is 2.04. The minimum absolute atomic E-state index is 0.0429. The summed E-state index contributed by atoms with van der Waals surface area (Å²) < 4.78 is 17.5. The summed E-state index contributed by atoms with van der Waals surface area (Å²) in [6, 6.07) is 13.3. The maximum absolute atomic E-state index is 12.2. The van der Waals surface area contributed by atoms with Crippen molar-refractivity contribution in [2.75, 3.05) is 25.6 Å². The van der Waals surface area contributed by atoms with Crippen LogP contribution >= 0.6 is 0 Å². The second kappa shape index (κ2) is 6.39. The van der Waals surface area contributed by atoms with Crippen LogP contribution in [0.3, 0.4) is 0 Å². The number of aromatic nitrogens is 2. The molecule has 1 heterocycles. The van der Waals surface area contributed by atoms with E-state index in [-0.39, 0.29) is 6.61 Å². The monoisotopic (exact) mass is 297 g/mol. The van der Waals surface area contributed by atoms with Gasteiger partial charge in [0.05, 0.1) is 22.9 Å². The van der Waals surface area contributed by atoms with Gasteiger partial charge in [-0.25, -0.2) is 9.37 Å². The molecule has 0 spiro atoms. The SMILES string of the molecule is CNc1ccccc1-c1cnc2ccc(OCCF)cc2n1. The number of ether oxygens (including phenoxy) is 1. The van der Waals surface area contributed by atoms with Crippen LogP contribution in [0.2, 0.25) is 0 Å². The van der Waals surface area contributed by atoms with Gasteiger partial charge in [-0.2, -0.15) is 0 Å². The standard InChI is InChI=1S/C17H16FN3O/c1-19-14-5-3-2-4-13(14)17-11-20-15-7-6-12(22-9-8-18)10-16(15)21-17/h2-7,10-11,19H,8-9H2,1H3. The summed E-state index contributed by atoms with van der Waals surface area (Å²) in [6.07, 6.45) is 1.75. The highest BCUT2D eigenvalue weighted by molar-refractivity contribution is 5.81. The smallest absolute Gasteiger partial charge is 0.123 e. The second-order valence-electron chi connectivity index (χ2n) is 4.74. The zero-order valence-corrected chi connectivity index (χ0v) is 12.2. The van der Waals surface area contributed by atoms with E-state index in [9.17, 15) is 4.39 Å². The number of fused-ring (bicyclic) bond motifs is 1. The average Bonchev–Trinajstić information content (AvgIpc) is 2.59. The molecule has 112 valence electrons. The van der Waals surface area contributed by atoms with E-state index in [2.05, 4.69) is 15.3 Å². The number of rotatable bonds is 5. The van der Waals surface area contributed by atoms with Crippen molar-refractivity contribution in [3.63, 3.8) is 0 Å². The molecule has 0 saturated heterocycles. The first-order valence-electron chi connectivity index (χ1n) is 7.04. The molecule has 22 heavy (non-hydrogen) atoms. The molecular formula is C17H16FN3O. The average molecular weight is 297 g/mol. The zero-order valence-electron chi connectivity index (χ0n) is 12.2. The normalized spacial score (nSPS) is 10.6. The number of hydrogen-bond acceptors (Lipinski definition) is 4. The molecule has 0 unspecified atom stereocenters. The molecule has 3 aromatic rings.